The zero-order valence-electron chi connectivity index (χ0n) is 11.8. The van der Waals surface area contributed by atoms with E-state index >= 15 is 0 Å². The summed E-state index contributed by atoms with van der Waals surface area (Å²) in [5.41, 5.74) is -0.0293. The second-order valence-electron chi connectivity index (χ2n) is 5.04. The third-order valence-corrected chi connectivity index (χ3v) is 3.62. The van der Waals surface area contributed by atoms with Gasteiger partial charge >= 0.3 is 0 Å². The SMILES string of the molecule is CNc1ncc([N+](=O)[O-])cc1C(=O)N1CCCC(CO)C1. The number of aliphatic hydroxyl groups excluding tert-OH is 1. The minimum absolute atomic E-state index is 0.0376. The molecule has 0 aliphatic carbocycles. The smallest absolute Gasteiger partial charge is 0.288 e. The van der Waals surface area contributed by atoms with Crippen molar-refractivity contribution in [1.82, 2.24) is 9.88 Å². The third-order valence-electron chi connectivity index (χ3n) is 3.62. The molecular weight excluding hydrogens is 276 g/mol. The average molecular weight is 294 g/mol. The van der Waals surface area contributed by atoms with E-state index in [2.05, 4.69) is 10.3 Å². The molecule has 1 aliphatic rings. The van der Waals surface area contributed by atoms with Crippen LogP contribution in [0, 0.1) is 16.0 Å². The van der Waals surface area contributed by atoms with Gasteiger partial charge in [-0.25, -0.2) is 4.98 Å². The predicted molar refractivity (Wildman–Crippen MR) is 76.2 cm³/mol. The summed E-state index contributed by atoms with van der Waals surface area (Å²) in [4.78, 5) is 28.4. The first-order chi connectivity index (χ1) is 10.1. The number of carbonyl (C=O) groups excluding carboxylic acids is 1. The summed E-state index contributed by atoms with van der Waals surface area (Å²) in [5, 5.41) is 22.8. The van der Waals surface area contributed by atoms with Gasteiger partial charge in [0.05, 0.1) is 10.5 Å². The van der Waals surface area contributed by atoms with E-state index in [0.29, 0.717) is 18.9 Å². The lowest BCUT2D eigenvalue weighted by molar-refractivity contribution is -0.385. The van der Waals surface area contributed by atoms with Crippen LogP contribution in [0.15, 0.2) is 12.3 Å². The maximum absolute atomic E-state index is 12.6. The molecule has 1 saturated heterocycles. The first-order valence-electron chi connectivity index (χ1n) is 6.79. The van der Waals surface area contributed by atoms with Gasteiger partial charge in [-0.05, 0) is 18.8 Å². The molecule has 0 aromatic carbocycles. The van der Waals surface area contributed by atoms with Crippen LogP contribution in [0.3, 0.4) is 0 Å². The number of nitro groups is 1. The molecule has 2 rings (SSSR count). The lowest BCUT2D eigenvalue weighted by Gasteiger charge is -2.32. The second kappa shape index (κ2) is 6.49. The van der Waals surface area contributed by atoms with Gasteiger partial charge in [0.15, 0.2) is 0 Å². The Labute approximate surface area is 121 Å². The molecule has 2 N–H and O–H groups in total. The van der Waals surface area contributed by atoms with Gasteiger partial charge in [0, 0.05) is 32.8 Å². The fourth-order valence-corrected chi connectivity index (χ4v) is 2.48. The van der Waals surface area contributed by atoms with Crippen LogP contribution in [-0.2, 0) is 0 Å². The normalized spacial score (nSPS) is 18.4. The van der Waals surface area contributed by atoms with Crippen molar-refractivity contribution in [2.45, 2.75) is 12.8 Å². The number of nitrogens with one attached hydrogen (secondary N) is 1. The van der Waals surface area contributed by atoms with Crippen molar-refractivity contribution in [1.29, 1.82) is 0 Å². The summed E-state index contributed by atoms with van der Waals surface area (Å²) in [6, 6.07) is 1.24. The molecule has 1 unspecified atom stereocenters. The number of hydrogen-bond donors (Lipinski definition) is 2. The Morgan fingerprint density at radius 3 is 3.05 bits per heavy atom. The quantitative estimate of drug-likeness (QED) is 0.630. The summed E-state index contributed by atoms with van der Waals surface area (Å²) >= 11 is 0. The van der Waals surface area contributed by atoms with Crippen LogP contribution in [0.2, 0.25) is 0 Å². The number of piperidine rings is 1. The number of pyridine rings is 1. The largest absolute Gasteiger partial charge is 0.396 e. The number of aromatic nitrogens is 1. The summed E-state index contributed by atoms with van der Waals surface area (Å²) in [6.45, 7) is 1.08. The molecule has 0 radical (unpaired) electrons. The highest BCUT2D eigenvalue weighted by molar-refractivity contribution is 5.99. The first-order valence-corrected chi connectivity index (χ1v) is 6.79. The van der Waals surface area contributed by atoms with Gasteiger partial charge in [-0.2, -0.15) is 0 Å². The minimum atomic E-state index is -0.573. The van der Waals surface area contributed by atoms with Gasteiger partial charge in [0.2, 0.25) is 0 Å². The van der Waals surface area contributed by atoms with Crippen LogP contribution in [0.4, 0.5) is 11.5 Å². The van der Waals surface area contributed by atoms with Crippen molar-refractivity contribution in [2.75, 3.05) is 32.1 Å². The molecule has 1 amide bonds. The van der Waals surface area contributed by atoms with E-state index in [1.54, 1.807) is 11.9 Å². The van der Waals surface area contributed by atoms with Crippen molar-refractivity contribution in [3.8, 4) is 0 Å². The van der Waals surface area contributed by atoms with Gasteiger partial charge in [-0.1, -0.05) is 0 Å². The summed E-state index contributed by atoms with van der Waals surface area (Å²) in [5.74, 6) is 0.0813. The average Bonchev–Trinajstić information content (AvgIpc) is 2.53. The highest BCUT2D eigenvalue weighted by Gasteiger charge is 2.27. The summed E-state index contributed by atoms with van der Waals surface area (Å²) in [7, 11) is 1.61. The Hall–Kier alpha value is -2.22. The number of hydrogen-bond acceptors (Lipinski definition) is 6. The summed E-state index contributed by atoms with van der Waals surface area (Å²) in [6.07, 6.45) is 2.82. The molecule has 1 fully saturated rings. The third kappa shape index (κ3) is 3.27. The number of aliphatic hydroxyl groups is 1. The maximum atomic E-state index is 12.6. The fraction of sp³-hybridized carbons (Fsp3) is 0.538. The van der Waals surface area contributed by atoms with Crippen LogP contribution in [-0.4, -0.2) is 52.6 Å². The Kier molecular flexibility index (Phi) is 4.69. The molecule has 1 aliphatic heterocycles. The predicted octanol–water partition coefficient (Wildman–Crippen LogP) is 0.876. The van der Waals surface area contributed by atoms with Crippen LogP contribution in [0.1, 0.15) is 23.2 Å². The number of amides is 1. The number of carbonyl (C=O) groups is 1. The van der Waals surface area contributed by atoms with Crippen molar-refractivity contribution in [2.24, 2.45) is 5.92 Å². The Morgan fingerprint density at radius 2 is 2.43 bits per heavy atom. The lowest BCUT2D eigenvalue weighted by atomic mass is 9.98. The zero-order chi connectivity index (χ0) is 15.4. The van der Waals surface area contributed by atoms with E-state index in [4.69, 9.17) is 0 Å². The molecule has 8 heteroatoms. The number of anilines is 1. The fourth-order valence-electron chi connectivity index (χ4n) is 2.48. The molecule has 1 aromatic rings. The molecule has 0 bridgehead atoms. The number of rotatable bonds is 4. The van der Waals surface area contributed by atoms with Crippen LogP contribution in [0.25, 0.3) is 0 Å². The minimum Gasteiger partial charge on any atom is -0.396 e. The van der Waals surface area contributed by atoms with Crippen LogP contribution < -0.4 is 5.32 Å². The van der Waals surface area contributed by atoms with Crippen molar-refractivity contribution in [3.05, 3.63) is 27.9 Å². The highest BCUT2D eigenvalue weighted by atomic mass is 16.6. The van der Waals surface area contributed by atoms with Gasteiger partial charge in [-0.3, -0.25) is 14.9 Å². The molecule has 1 atom stereocenters. The molecule has 2 heterocycles. The van der Waals surface area contributed by atoms with Gasteiger partial charge in [-0.15, -0.1) is 0 Å². The van der Waals surface area contributed by atoms with Gasteiger partial charge in [0.25, 0.3) is 11.6 Å². The number of nitrogens with zero attached hydrogens (tertiary/aromatic N) is 3. The zero-order valence-corrected chi connectivity index (χ0v) is 11.8. The molecule has 0 spiro atoms. The van der Waals surface area contributed by atoms with Crippen molar-refractivity contribution >= 4 is 17.4 Å². The van der Waals surface area contributed by atoms with E-state index in [9.17, 15) is 20.0 Å². The van der Waals surface area contributed by atoms with E-state index in [-0.39, 0.29) is 29.7 Å². The van der Waals surface area contributed by atoms with E-state index in [0.717, 1.165) is 19.0 Å². The highest BCUT2D eigenvalue weighted by Crippen LogP contribution is 2.23. The van der Waals surface area contributed by atoms with Crippen molar-refractivity contribution < 1.29 is 14.8 Å². The number of likely N-dealkylation sites (tertiary alicyclic amines) is 1. The van der Waals surface area contributed by atoms with Crippen LogP contribution >= 0.6 is 0 Å². The Balaban J connectivity index is 2.28. The first kappa shape index (κ1) is 15.2. The monoisotopic (exact) mass is 294 g/mol. The van der Waals surface area contributed by atoms with E-state index in [1.807, 2.05) is 0 Å². The van der Waals surface area contributed by atoms with Crippen molar-refractivity contribution in [3.63, 3.8) is 0 Å². The van der Waals surface area contributed by atoms with E-state index < -0.39 is 4.92 Å². The molecule has 21 heavy (non-hydrogen) atoms. The molecular formula is C13H18N4O4. The molecule has 1 aromatic heterocycles. The van der Waals surface area contributed by atoms with Gasteiger partial charge in [0.1, 0.15) is 12.0 Å². The molecule has 0 saturated carbocycles. The topological polar surface area (TPSA) is 109 Å². The Bertz CT molecular complexity index is 549. The Morgan fingerprint density at radius 1 is 1.67 bits per heavy atom. The molecule has 114 valence electrons. The molecule has 8 nitrogen and oxygen atoms in total. The maximum Gasteiger partial charge on any atom is 0.288 e. The standard InChI is InChI=1S/C13H18N4O4/c1-14-12-11(5-10(6-15-12)17(20)21)13(19)16-4-2-3-9(7-16)8-18/h5-6,9,18H,2-4,7-8H2,1H3,(H,14,15). The summed E-state index contributed by atoms with van der Waals surface area (Å²) < 4.78 is 0. The van der Waals surface area contributed by atoms with Gasteiger partial charge < -0.3 is 15.3 Å². The van der Waals surface area contributed by atoms with Crippen LogP contribution in [0.5, 0.6) is 0 Å². The lowest BCUT2D eigenvalue weighted by Crippen LogP contribution is -2.41. The van der Waals surface area contributed by atoms with E-state index in [1.165, 1.54) is 6.07 Å². The second-order valence-corrected chi connectivity index (χ2v) is 5.04.